The van der Waals surface area contributed by atoms with Crippen LogP contribution in [0.15, 0.2) is 35.2 Å². The van der Waals surface area contributed by atoms with E-state index in [0.717, 1.165) is 0 Å². The summed E-state index contributed by atoms with van der Waals surface area (Å²) in [5, 5.41) is 2.62. The summed E-state index contributed by atoms with van der Waals surface area (Å²) in [5.74, 6) is 0. The number of amides is 1. The zero-order valence-electron chi connectivity index (χ0n) is 24.5. The van der Waals surface area contributed by atoms with Gasteiger partial charge in [0.15, 0.2) is 0 Å². The third-order valence-corrected chi connectivity index (χ3v) is 5.97. The molecule has 41 heavy (non-hydrogen) atoms. The molecular formula is C27H47NO12S. The van der Waals surface area contributed by atoms with Crippen molar-refractivity contribution in [3.63, 3.8) is 0 Å². The molecule has 0 aromatic heterocycles. The Balaban J connectivity index is 1.72. The molecule has 13 nitrogen and oxygen atoms in total. The number of benzene rings is 1. The van der Waals surface area contributed by atoms with Gasteiger partial charge < -0.3 is 43.2 Å². The lowest BCUT2D eigenvalue weighted by atomic mass is 10.2. The minimum absolute atomic E-state index is 0.0617. The summed E-state index contributed by atoms with van der Waals surface area (Å²) in [4.78, 5) is 11.6. The lowest BCUT2D eigenvalue weighted by Crippen LogP contribution is -2.34. The van der Waals surface area contributed by atoms with Crippen LogP contribution < -0.4 is 5.32 Å². The molecule has 1 aromatic carbocycles. The first-order valence-corrected chi connectivity index (χ1v) is 15.1. The van der Waals surface area contributed by atoms with E-state index < -0.39 is 21.8 Å². The molecule has 238 valence electrons. The number of hydrogen-bond acceptors (Lipinski definition) is 12. The van der Waals surface area contributed by atoms with Crippen LogP contribution in [0.3, 0.4) is 0 Å². The predicted octanol–water partition coefficient (Wildman–Crippen LogP) is 2.03. The molecule has 0 atom stereocenters. The van der Waals surface area contributed by atoms with Crippen molar-refractivity contribution in [2.75, 3.05) is 106 Å². The largest absolute Gasteiger partial charge is 0.444 e. The fraction of sp³-hybridized carbons (Fsp3) is 0.741. The van der Waals surface area contributed by atoms with E-state index in [4.69, 9.17) is 42.1 Å². The Hall–Kier alpha value is -1.88. The van der Waals surface area contributed by atoms with E-state index in [9.17, 15) is 13.2 Å². The zero-order valence-corrected chi connectivity index (χ0v) is 25.3. The molecule has 0 aliphatic heterocycles. The second kappa shape index (κ2) is 23.7. The van der Waals surface area contributed by atoms with Crippen LogP contribution in [0.1, 0.15) is 20.8 Å². The van der Waals surface area contributed by atoms with E-state index in [1.807, 2.05) is 20.8 Å². The first-order valence-electron chi connectivity index (χ1n) is 13.7. The quantitative estimate of drug-likeness (QED) is 0.121. The number of carbonyl (C=O) groups excluding carboxylic acids is 1. The summed E-state index contributed by atoms with van der Waals surface area (Å²) >= 11 is 0. The first kappa shape index (κ1) is 37.1. The average molecular weight is 610 g/mol. The van der Waals surface area contributed by atoms with Gasteiger partial charge in [-0.1, -0.05) is 18.2 Å². The van der Waals surface area contributed by atoms with Gasteiger partial charge in [-0.2, -0.15) is 8.42 Å². The number of carbonyl (C=O) groups is 1. The van der Waals surface area contributed by atoms with Crippen molar-refractivity contribution in [2.45, 2.75) is 31.3 Å². The van der Waals surface area contributed by atoms with Gasteiger partial charge in [-0.3, -0.25) is 4.18 Å². The fourth-order valence-electron chi connectivity index (χ4n) is 2.82. The molecule has 0 aliphatic rings. The van der Waals surface area contributed by atoms with Crippen LogP contribution in [0.4, 0.5) is 4.79 Å². The highest BCUT2D eigenvalue weighted by atomic mass is 32.2. The zero-order chi connectivity index (χ0) is 30.1. The molecule has 1 N–H and O–H groups in total. The van der Waals surface area contributed by atoms with Crippen molar-refractivity contribution < 1.29 is 55.3 Å². The highest BCUT2D eigenvalue weighted by molar-refractivity contribution is 7.86. The Morgan fingerprint density at radius 3 is 1.37 bits per heavy atom. The van der Waals surface area contributed by atoms with Gasteiger partial charge in [-0.25, -0.2) is 4.79 Å². The first-order chi connectivity index (χ1) is 19.7. The molecular weight excluding hydrogens is 562 g/mol. The molecule has 0 fully saturated rings. The molecule has 0 bridgehead atoms. The van der Waals surface area contributed by atoms with Gasteiger partial charge in [0, 0.05) is 6.54 Å². The van der Waals surface area contributed by atoms with E-state index in [0.29, 0.717) is 92.4 Å². The van der Waals surface area contributed by atoms with Crippen LogP contribution >= 0.6 is 0 Å². The molecule has 1 aromatic rings. The van der Waals surface area contributed by atoms with E-state index in [1.54, 1.807) is 18.2 Å². The van der Waals surface area contributed by atoms with E-state index in [2.05, 4.69) is 5.32 Å². The van der Waals surface area contributed by atoms with Gasteiger partial charge in [0.1, 0.15) is 5.60 Å². The van der Waals surface area contributed by atoms with Crippen LogP contribution in [0.5, 0.6) is 0 Å². The van der Waals surface area contributed by atoms with Crippen molar-refractivity contribution in [3.8, 4) is 0 Å². The number of rotatable bonds is 26. The van der Waals surface area contributed by atoms with Crippen LogP contribution in [-0.2, 0) is 52.2 Å². The monoisotopic (exact) mass is 609 g/mol. The van der Waals surface area contributed by atoms with Crippen molar-refractivity contribution >= 4 is 16.2 Å². The van der Waals surface area contributed by atoms with Crippen molar-refractivity contribution in [1.29, 1.82) is 0 Å². The maximum Gasteiger partial charge on any atom is 0.407 e. The van der Waals surface area contributed by atoms with E-state index in [-0.39, 0.29) is 18.1 Å². The van der Waals surface area contributed by atoms with Gasteiger partial charge in [0.25, 0.3) is 10.1 Å². The Morgan fingerprint density at radius 1 is 0.610 bits per heavy atom. The second-order valence-electron chi connectivity index (χ2n) is 9.30. The highest BCUT2D eigenvalue weighted by Gasteiger charge is 2.15. The summed E-state index contributed by atoms with van der Waals surface area (Å²) in [7, 11) is -3.76. The molecule has 14 heteroatoms. The van der Waals surface area contributed by atoms with Gasteiger partial charge in [0.05, 0.1) is 104 Å². The van der Waals surface area contributed by atoms with Crippen molar-refractivity contribution in [3.05, 3.63) is 30.3 Å². The lowest BCUT2D eigenvalue weighted by Gasteiger charge is -2.19. The Morgan fingerprint density at radius 2 is 0.976 bits per heavy atom. The maximum absolute atomic E-state index is 11.9. The normalized spacial score (nSPS) is 12.0. The minimum atomic E-state index is -3.76. The molecule has 1 rings (SSSR count). The molecule has 1 amide bonds. The Bertz CT molecular complexity index is 865. The standard InChI is InChI=1S/C27H47NO12S/c1-27(2,3)40-26(29)28-9-10-32-11-12-33-13-14-34-15-16-35-17-18-36-19-20-37-21-22-38-23-24-39-41(30,31)25-7-5-4-6-8-25/h4-8H,9-24H2,1-3H3,(H,28,29). The summed E-state index contributed by atoms with van der Waals surface area (Å²) < 4.78 is 71.7. The van der Waals surface area contributed by atoms with Gasteiger partial charge >= 0.3 is 6.09 Å². The van der Waals surface area contributed by atoms with Crippen molar-refractivity contribution in [1.82, 2.24) is 5.32 Å². The fourth-order valence-corrected chi connectivity index (χ4v) is 3.73. The highest BCUT2D eigenvalue weighted by Crippen LogP contribution is 2.10. The van der Waals surface area contributed by atoms with Crippen LogP contribution in [-0.4, -0.2) is 126 Å². The van der Waals surface area contributed by atoms with Gasteiger partial charge in [-0.15, -0.1) is 0 Å². The minimum Gasteiger partial charge on any atom is -0.444 e. The third-order valence-electron chi connectivity index (χ3n) is 4.64. The molecule has 0 spiro atoms. The summed E-state index contributed by atoms with van der Waals surface area (Å²) in [5.41, 5.74) is -0.518. The number of ether oxygens (including phenoxy) is 8. The molecule has 0 unspecified atom stereocenters. The molecule has 0 aliphatic carbocycles. The average Bonchev–Trinajstić information content (AvgIpc) is 2.92. The van der Waals surface area contributed by atoms with Crippen molar-refractivity contribution in [2.24, 2.45) is 0 Å². The molecule has 0 saturated heterocycles. The van der Waals surface area contributed by atoms with Gasteiger partial charge in [0.2, 0.25) is 0 Å². The van der Waals surface area contributed by atoms with Gasteiger partial charge in [-0.05, 0) is 32.9 Å². The summed E-state index contributed by atoms with van der Waals surface area (Å²) in [6.45, 7) is 11.4. The van der Waals surface area contributed by atoms with Crippen LogP contribution in [0, 0.1) is 0 Å². The Kier molecular flexibility index (Phi) is 21.4. The lowest BCUT2D eigenvalue weighted by molar-refractivity contribution is -0.0211. The Labute approximate surface area is 244 Å². The topological polar surface area (TPSA) is 146 Å². The van der Waals surface area contributed by atoms with Crippen LogP contribution in [0.25, 0.3) is 0 Å². The van der Waals surface area contributed by atoms with Crippen LogP contribution in [0.2, 0.25) is 0 Å². The SMILES string of the molecule is CC(C)(C)OC(=O)NCCOCCOCCOCCOCCOCCOCCOCCOS(=O)(=O)c1ccccc1. The molecule has 0 saturated carbocycles. The number of hydrogen-bond donors (Lipinski definition) is 1. The molecule has 0 heterocycles. The number of alkyl carbamates (subject to hydrolysis) is 1. The van der Waals surface area contributed by atoms with E-state index in [1.165, 1.54) is 12.1 Å². The van der Waals surface area contributed by atoms with E-state index >= 15 is 0 Å². The summed E-state index contributed by atoms with van der Waals surface area (Å²) in [6, 6.07) is 7.96. The predicted molar refractivity (Wildman–Crippen MR) is 150 cm³/mol. The number of nitrogens with one attached hydrogen (secondary N) is 1. The second-order valence-corrected chi connectivity index (χ2v) is 10.9. The maximum atomic E-state index is 11.9. The smallest absolute Gasteiger partial charge is 0.407 e. The summed E-state index contributed by atoms with van der Waals surface area (Å²) in [6.07, 6.45) is -0.461. The molecule has 0 radical (unpaired) electrons. The third kappa shape index (κ3) is 23.4.